The van der Waals surface area contributed by atoms with Crippen LogP contribution in [0.1, 0.15) is 32.1 Å². The topological polar surface area (TPSA) is 53.7 Å². The van der Waals surface area contributed by atoms with Gasteiger partial charge in [-0.05, 0) is 44.2 Å². The lowest BCUT2D eigenvalue weighted by Gasteiger charge is -2.30. The van der Waals surface area contributed by atoms with E-state index in [-0.39, 0.29) is 12.1 Å². The van der Waals surface area contributed by atoms with E-state index < -0.39 is 0 Å². The highest BCUT2D eigenvalue weighted by Gasteiger charge is 2.26. The van der Waals surface area contributed by atoms with Gasteiger partial charge in [0, 0.05) is 12.6 Å². The molecule has 0 aliphatic carbocycles. The van der Waals surface area contributed by atoms with E-state index in [4.69, 9.17) is 19.9 Å². The highest BCUT2D eigenvalue weighted by molar-refractivity contribution is 5.40. The van der Waals surface area contributed by atoms with Crippen molar-refractivity contribution < 1.29 is 14.2 Å². The zero-order valence-corrected chi connectivity index (χ0v) is 11.8. The molecule has 1 aromatic rings. The average molecular weight is 277 g/mol. The SMILES string of the molecule is NC(CCCC1CCCO1)C1COc2ccccc2O1. The van der Waals surface area contributed by atoms with Gasteiger partial charge in [0.2, 0.25) is 0 Å². The van der Waals surface area contributed by atoms with Gasteiger partial charge in [-0.15, -0.1) is 0 Å². The van der Waals surface area contributed by atoms with Crippen LogP contribution in [0.3, 0.4) is 0 Å². The van der Waals surface area contributed by atoms with Crippen LogP contribution in [0.2, 0.25) is 0 Å². The van der Waals surface area contributed by atoms with Gasteiger partial charge in [0.05, 0.1) is 6.10 Å². The fourth-order valence-electron chi connectivity index (χ4n) is 2.89. The lowest BCUT2D eigenvalue weighted by atomic mass is 10.0. The molecule has 4 nitrogen and oxygen atoms in total. The van der Waals surface area contributed by atoms with E-state index in [0.29, 0.717) is 12.7 Å². The molecule has 20 heavy (non-hydrogen) atoms. The molecule has 0 bridgehead atoms. The molecule has 0 amide bonds. The summed E-state index contributed by atoms with van der Waals surface area (Å²) in [5.74, 6) is 1.62. The summed E-state index contributed by atoms with van der Waals surface area (Å²) in [4.78, 5) is 0. The molecule has 0 radical (unpaired) electrons. The fraction of sp³-hybridized carbons (Fsp3) is 0.625. The minimum atomic E-state index is -0.0469. The number of ether oxygens (including phenoxy) is 3. The summed E-state index contributed by atoms with van der Waals surface area (Å²) in [5.41, 5.74) is 6.24. The summed E-state index contributed by atoms with van der Waals surface area (Å²) < 4.78 is 17.3. The van der Waals surface area contributed by atoms with Crippen LogP contribution in [0.25, 0.3) is 0 Å². The van der Waals surface area contributed by atoms with Crippen LogP contribution in [0.15, 0.2) is 24.3 Å². The van der Waals surface area contributed by atoms with Crippen LogP contribution < -0.4 is 15.2 Å². The first-order valence-electron chi connectivity index (χ1n) is 7.58. The van der Waals surface area contributed by atoms with E-state index in [2.05, 4.69) is 0 Å². The van der Waals surface area contributed by atoms with Crippen LogP contribution in [0.5, 0.6) is 11.5 Å². The maximum Gasteiger partial charge on any atom is 0.161 e. The zero-order valence-electron chi connectivity index (χ0n) is 11.8. The highest BCUT2D eigenvalue weighted by Crippen LogP contribution is 2.32. The molecule has 1 aromatic carbocycles. The summed E-state index contributed by atoms with van der Waals surface area (Å²) in [5, 5.41) is 0. The van der Waals surface area contributed by atoms with Crippen LogP contribution in [-0.4, -0.2) is 31.5 Å². The van der Waals surface area contributed by atoms with Crippen LogP contribution in [0, 0.1) is 0 Å². The largest absolute Gasteiger partial charge is 0.486 e. The smallest absolute Gasteiger partial charge is 0.161 e. The molecule has 0 spiro atoms. The highest BCUT2D eigenvalue weighted by atomic mass is 16.6. The summed E-state index contributed by atoms with van der Waals surface area (Å²) in [6, 6.07) is 7.77. The summed E-state index contributed by atoms with van der Waals surface area (Å²) >= 11 is 0. The second kappa shape index (κ2) is 6.46. The Hall–Kier alpha value is -1.26. The van der Waals surface area contributed by atoms with E-state index in [1.807, 2.05) is 24.3 Å². The van der Waals surface area contributed by atoms with E-state index >= 15 is 0 Å². The zero-order chi connectivity index (χ0) is 13.8. The Bertz CT molecular complexity index is 431. The van der Waals surface area contributed by atoms with Crippen molar-refractivity contribution in [1.82, 2.24) is 0 Å². The van der Waals surface area contributed by atoms with Crippen LogP contribution in [0.4, 0.5) is 0 Å². The van der Waals surface area contributed by atoms with Gasteiger partial charge in [-0.2, -0.15) is 0 Å². The molecule has 3 rings (SSSR count). The van der Waals surface area contributed by atoms with Gasteiger partial charge < -0.3 is 19.9 Å². The quantitative estimate of drug-likeness (QED) is 0.898. The summed E-state index contributed by atoms with van der Waals surface area (Å²) in [7, 11) is 0. The number of rotatable bonds is 5. The number of nitrogens with two attached hydrogens (primary N) is 1. The molecular weight excluding hydrogens is 254 g/mol. The Morgan fingerprint density at radius 2 is 2.10 bits per heavy atom. The number of para-hydroxylation sites is 2. The third-order valence-corrected chi connectivity index (χ3v) is 4.10. The van der Waals surface area contributed by atoms with Crippen molar-refractivity contribution in [3.63, 3.8) is 0 Å². The van der Waals surface area contributed by atoms with Crippen molar-refractivity contribution in [3.05, 3.63) is 24.3 Å². The third kappa shape index (κ3) is 3.25. The minimum Gasteiger partial charge on any atom is -0.486 e. The summed E-state index contributed by atoms with van der Waals surface area (Å²) in [6.45, 7) is 1.46. The first-order valence-corrected chi connectivity index (χ1v) is 7.58. The van der Waals surface area contributed by atoms with Gasteiger partial charge in [0.25, 0.3) is 0 Å². The Morgan fingerprint density at radius 3 is 2.90 bits per heavy atom. The van der Waals surface area contributed by atoms with Gasteiger partial charge in [-0.3, -0.25) is 0 Å². The van der Waals surface area contributed by atoms with E-state index in [1.165, 1.54) is 12.8 Å². The summed E-state index contributed by atoms with van der Waals surface area (Å²) in [6.07, 6.45) is 5.96. The Balaban J connectivity index is 1.45. The third-order valence-electron chi connectivity index (χ3n) is 4.10. The standard InChI is InChI=1S/C16H23NO3/c17-13(7-3-5-12-6-4-10-18-12)16-11-19-14-8-1-2-9-15(14)20-16/h1-2,8-9,12-13,16H,3-7,10-11,17H2. The normalized spacial score (nSPS) is 26.4. The molecule has 3 atom stereocenters. The lowest BCUT2D eigenvalue weighted by Crippen LogP contribution is -2.44. The van der Waals surface area contributed by atoms with Crippen molar-refractivity contribution >= 4 is 0 Å². The Morgan fingerprint density at radius 1 is 1.25 bits per heavy atom. The maximum absolute atomic E-state index is 6.24. The average Bonchev–Trinajstić information content (AvgIpc) is 3.00. The van der Waals surface area contributed by atoms with Gasteiger partial charge in [0.15, 0.2) is 11.5 Å². The molecule has 1 fully saturated rings. The molecule has 0 saturated carbocycles. The fourth-order valence-corrected chi connectivity index (χ4v) is 2.89. The molecule has 2 N–H and O–H groups in total. The monoisotopic (exact) mass is 277 g/mol. The second-order valence-electron chi connectivity index (χ2n) is 5.64. The second-order valence-corrected chi connectivity index (χ2v) is 5.64. The first-order chi connectivity index (χ1) is 9.83. The van der Waals surface area contributed by atoms with E-state index in [1.54, 1.807) is 0 Å². The molecular formula is C16H23NO3. The number of benzene rings is 1. The number of fused-ring (bicyclic) bond motifs is 1. The van der Waals surface area contributed by atoms with Gasteiger partial charge in [0.1, 0.15) is 12.7 Å². The number of hydrogen-bond donors (Lipinski definition) is 1. The van der Waals surface area contributed by atoms with Crippen LogP contribution in [-0.2, 0) is 4.74 Å². The van der Waals surface area contributed by atoms with Crippen molar-refractivity contribution in [1.29, 1.82) is 0 Å². The van der Waals surface area contributed by atoms with Crippen molar-refractivity contribution in [3.8, 4) is 11.5 Å². The number of hydrogen-bond acceptors (Lipinski definition) is 4. The molecule has 3 unspecified atom stereocenters. The molecule has 2 heterocycles. The first kappa shape index (κ1) is 13.7. The molecule has 2 aliphatic heterocycles. The molecule has 110 valence electrons. The Kier molecular flexibility index (Phi) is 4.43. The van der Waals surface area contributed by atoms with Gasteiger partial charge in [-0.1, -0.05) is 12.1 Å². The molecule has 0 aromatic heterocycles. The van der Waals surface area contributed by atoms with Gasteiger partial charge in [-0.25, -0.2) is 0 Å². The predicted octanol–water partition coefficient (Wildman–Crippen LogP) is 2.50. The minimum absolute atomic E-state index is 0.0183. The molecule has 1 saturated heterocycles. The van der Waals surface area contributed by atoms with Crippen molar-refractivity contribution in [2.24, 2.45) is 5.73 Å². The predicted molar refractivity (Wildman–Crippen MR) is 77.2 cm³/mol. The van der Waals surface area contributed by atoms with Crippen molar-refractivity contribution in [2.75, 3.05) is 13.2 Å². The Labute approximate surface area is 120 Å². The molecule has 4 heteroatoms. The van der Waals surface area contributed by atoms with Crippen LogP contribution >= 0.6 is 0 Å². The van der Waals surface area contributed by atoms with Gasteiger partial charge >= 0.3 is 0 Å². The maximum atomic E-state index is 6.24. The lowest BCUT2D eigenvalue weighted by molar-refractivity contribution is 0.0658. The van der Waals surface area contributed by atoms with E-state index in [0.717, 1.165) is 37.4 Å². The van der Waals surface area contributed by atoms with E-state index in [9.17, 15) is 0 Å². The van der Waals surface area contributed by atoms with Crippen molar-refractivity contribution in [2.45, 2.75) is 50.4 Å². The molecule has 2 aliphatic rings.